The molecule has 0 aromatic rings. The number of hydrogen-bond donors (Lipinski definition) is 7. The minimum absolute atomic E-state index is 0.0231. The monoisotopic (exact) mass is 1320 g/mol. The first-order valence-corrected chi connectivity index (χ1v) is 38.7. The minimum atomic E-state index is -5.33. The number of carbonyl (C=O) groups is 2. The summed E-state index contributed by atoms with van der Waals surface area (Å²) in [7, 11) is -5.33. The fraction of sp³-hybridized carbons (Fsp3) is 0.973. The van der Waals surface area contributed by atoms with Crippen molar-refractivity contribution in [1.29, 1.82) is 0 Å². The van der Waals surface area contributed by atoms with Crippen molar-refractivity contribution in [2.45, 2.75) is 388 Å². The van der Waals surface area contributed by atoms with Gasteiger partial charge in [0.1, 0.15) is 30.5 Å². The normalized spacial score (nSPS) is 25.6. The molecule has 91 heavy (non-hydrogen) atoms. The summed E-state index contributed by atoms with van der Waals surface area (Å²) in [6.07, 6.45) is 24.9. The molecule has 2 aliphatic rings. The van der Waals surface area contributed by atoms with Gasteiger partial charge in [-0.25, -0.2) is 4.18 Å². The van der Waals surface area contributed by atoms with E-state index in [1.165, 1.54) is 161 Å². The van der Waals surface area contributed by atoms with Crippen LogP contribution in [0.5, 0.6) is 0 Å². The average Bonchev–Trinajstić information content (AvgIpc) is 0.908. The topological polar surface area (TPSA) is 265 Å². The molecular weight excluding hydrogens is 1180 g/mol. The van der Waals surface area contributed by atoms with Crippen LogP contribution in [0.15, 0.2) is 0 Å². The van der Waals surface area contributed by atoms with E-state index in [4.69, 9.17) is 23.7 Å². The van der Waals surface area contributed by atoms with Gasteiger partial charge in [-0.3, -0.25) is 14.1 Å². The zero-order valence-corrected chi connectivity index (χ0v) is 60.3. The van der Waals surface area contributed by atoms with E-state index in [1.807, 2.05) is 0 Å². The van der Waals surface area contributed by atoms with E-state index in [0.29, 0.717) is 54.3 Å². The van der Waals surface area contributed by atoms with Crippen LogP contribution in [0.2, 0.25) is 0 Å². The molecule has 0 aromatic heterocycles. The number of esters is 2. The van der Waals surface area contributed by atoms with Crippen LogP contribution in [-0.4, -0.2) is 136 Å². The molecule has 0 bridgehead atoms. The predicted molar refractivity (Wildman–Crippen MR) is 362 cm³/mol. The van der Waals surface area contributed by atoms with Crippen molar-refractivity contribution in [3.8, 4) is 0 Å². The third kappa shape index (κ3) is 38.3. The van der Waals surface area contributed by atoms with Gasteiger partial charge < -0.3 is 54.3 Å². The SMILES string of the molecule is CCCCCCCCCCCCCCCCCC(=O)OC1C(O)C(CO)OC(OC2OC(CO)C(O)C(O)C2OS(=O)(=O)O)C1OC(=O)C(C)CC(C)CC(C)CC(C)CC(C)CC(C)CC(C)CC(C)CC(C)C(O)CCCCCCCCCCCCCCC. The lowest BCUT2D eigenvalue weighted by molar-refractivity contribution is -0.374. The molecule has 0 aromatic carbocycles. The number of aliphatic hydroxyl groups excluding tert-OH is 6. The van der Waals surface area contributed by atoms with Crippen molar-refractivity contribution < 1.29 is 81.1 Å². The summed E-state index contributed by atoms with van der Waals surface area (Å²) in [5.41, 5.74) is 0. The molecule has 2 rings (SSSR count). The third-order valence-corrected chi connectivity index (χ3v) is 20.1. The van der Waals surface area contributed by atoms with E-state index in [2.05, 4.69) is 73.4 Å². The Morgan fingerprint density at radius 2 is 0.769 bits per heavy atom. The van der Waals surface area contributed by atoms with Gasteiger partial charge in [-0.05, 0) is 112 Å². The maximum Gasteiger partial charge on any atom is 0.397 e. The molecule has 540 valence electrons. The average molecular weight is 1320 g/mol. The van der Waals surface area contributed by atoms with Crippen molar-refractivity contribution in [1.82, 2.24) is 0 Å². The Morgan fingerprint density at radius 3 is 1.15 bits per heavy atom. The first kappa shape index (κ1) is 85.5. The fourth-order valence-electron chi connectivity index (χ4n) is 15.0. The highest BCUT2D eigenvalue weighted by atomic mass is 32.3. The highest BCUT2D eigenvalue weighted by Gasteiger charge is 2.55. The molecule has 20 unspecified atom stereocenters. The summed E-state index contributed by atoms with van der Waals surface area (Å²) in [6, 6.07) is 0. The second kappa shape index (κ2) is 49.9. The van der Waals surface area contributed by atoms with Gasteiger partial charge >= 0.3 is 22.3 Å². The molecule has 0 amide bonds. The number of rotatable bonds is 56. The highest BCUT2D eigenvalue weighted by Crippen LogP contribution is 2.36. The Morgan fingerprint density at radius 1 is 0.429 bits per heavy atom. The fourth-order valence-corrected chi connectivity index (χ4v) is 15.5. The molecule has 0 aliphatic carbocycles. The Bertz CT molecular complexity index is 1910. The van der Waals surface area contributed by atoms with E-state index in [9.17, 15) is 53.2 Å². The predicted octanol–water partition coefficient (Wildman–Crippen LogP) is 15.5. The van der Waals surface area contributed by atoms with Crippen molar-refractivity contribution in [2.75, 3.05) is 13.2 Å². The molecule has 0 spiro atoms. The quantitative estimate of drug-likeness (QED) is 0.0169. The largest absolute Gasteiger partial charge is 0.455 e. The van der Waals surface area contributed by atoms with Crippen LogP contribution in [0.3, 0.4) is 0 Å². The molecular formula is C73H140O17S. The van der Waals surface area contributed by atoms with Crippen LogP contribution in [0.1, 0.15) is 320 Å². The molecule has 2 saturated heterocycles. The lowest BCUT2D eigenvalue weighted by atomic mass is 9.79. The molecule has 17 nitrogen and oxygen atoms in total. The summed E-state index contributed by atoms with van der Waals surface area (Å²) in [5.74, 6) is 1.49. The molecule has 2 heterocycles. The van der Waals surface area contributed by atoms with Crippen LogP contribution in [0.4, 0.5) is 0 Å². The molecule has 0 saturated carbocycles. The van der Waals surface area contributed by atoms with Crippen molar-refractivity contribution in [3.63, 3.8) is 0 Å². The second-order valence-corrected chi connectivity index (χ2v) is 30.7. The minimum Gasteiger partial charge on any atom is -0.455 e. The molecule has 0 radical (unpaired) electrons. The number of carbonyl (C=O) groups excluding carboxylic acids is 2. The Hall–Kier alpha value is -1.55. The van der Waals surface area contributed by atoms with E-state index < -0.39 is 103 Å². The molecule has 18 heteroatoms. The third-order valence-electron chi connectivity index (χ3n) is 19.6. The Labute approximate surface area is 555 Å². The molecule has 20 atom stereocenters. The molecule has 2 fully saturated rings. The van der Waals surface area contributed by atoms with Gasteiger partial charge in [0, 0.05) is 6.42 Å². The van der Waals surface area contributed by atoms with E-state index in [-0.39, 0.29) is 18.4 Å². The summed E-state index contributed by atoms with van der Waals surface area (Å²) in [5, 5.41) is 64.5. The summed E-state index contributed by atoms with van der Waals surface area (Å²) >= 11 is 0. The summed E-state index contributed by atoms with van der Waals surface area (Å²) < 4.78 is 67.7. The van der Waals surface area contributed by atoms with Crippen LogP contribution in [-0.2, 0) is 47.9 Å². The molecule has 7 N–H and O–H groups in total. The van der Waals surface area contributed by atoms with Crippen molar-refractivity contribution in [2.24, 2.45) is 53.3 Å². The lowest BCUT2D eigenvalue weighted by Crippen LogP contribution is -2.65. The maximum atomic E-state index is 14.2. The molecule has 2 aliphatic heterocycles. The first-order chi connectivity index (χ1) is 43.3. The van der Waals surface area contributed by atoms with Gasteiger partial charge in [0.05, 0.1) is 25.2 Å². The number of aliphatic hydroxyl groups is 6. The van der Waals surface area contributed by atoms with Crippen LogP contribution in [0.25, 0.3) is 0 Å². The lowest BCUT2D eigenvalue weighted by Gasteiger charge is -2.46. The Kier molecular flexibility index (Phi) is 46.9. The van der Waals surface area contributed by atoms with Gasteiger partial charge in [0.15, 0.2) is 24.6 Å². The van der Waals surface area contributed by atoms with Crippen LogP contribution < -0.4 is 0 Å². The highest BCUT2D eigenvalue weighted by molar-refractivity contribution is 7.80. The van der Waals surface area contributed by atoms with Crippen molar-refractivity contribution >= 4 is 22.3 Å². The van der Waals surface area contributed by atoms with E-state index >= 15 is 0 Å². The van der Waals surface area contributed by atoms with Crippen molar-refractivity contribution in [3.05, 3.63) is 0 Å². The Balaban J connectivity index is 1.95. The smallest absolute Gasteiger partial charge is 0.397 e. The van der Waals surface area contributed by atoms with E-state index in [0.717, 1.165) is 64.2 Å². The number of unbranched alkanes of at least 4 members (excludes halogenated alkanes) is 26. The van der Waals surface area contributed by atoms with Gasteiger partial charge in [-0.2, -0.15) is 8.42 Å². The van der Waals surface area contributed by atoms with Gasteiger partial charge in [0.25, 0.3) is 0 Å². The zero-order valence-electron chi connectivity index (χ0n) is 59.5. The van der Waals surface area contributed by atoms with Crippen LogP contribution in [0, 0.1) is 53.3 Å². The second-order valence-electron chi connectivity index (χ2n) is 29.7. The van der Waals surface area contributed by atoms with Gasteiger partial charge in [-0.15, -0.1) is 0 Å². The summed E-state index contributed by atoms with van der Waals surface area (Å²) in [6.45, 7) is 22.9. The van der Waals surface area contributed by atoms with E-state index in [1.54, 1.807) is 6.92 Å². The number of ether oxygens (including phenoxy) is 5. The zero-order chi connectivity index (χ0) is 67.7. The maximum absolute atomic E-state index is 14.2. The summed E-state index contributed by atoms with van der Waals surface area (Å²) in [4.78, 5) is 27.8. The standard InChI is InChI=1S/C73H140O17S/c1-12-14-16-18-20-22-24-26-27-29-31-33-35-37-39-41-64(77)87-68-66(79)63(51-75)86-73(89-72-69(90-91(82,83)84)67(80)65(78)62(50-74)85-72)70(68)88-71(81)60(11)49-58(9)47-56(7)45-54(5)43-52(3)42-53(4)44-55(6)46-57(8)48-59(10)61(76)40-38-36-34-32-30-28-25-23-21-19-17-15-13-2/h52-63,65-70,72-76,78-80H,12-51H2,1-11H3,(H,82,83,84). The number of hydrogen-bond acceptors (Lipinski definition) is 16. The first-order valence-electron chi connectivity index (χ1n) is 37.3. The van der Waals surface area contributed by atoms with Gasteiger partial charge in [0.2, 0.25) is 6.29 Å². The van der Waals surface area contributed by atoms with Gasteiger partial charge in [-0.1, -0.05) is 250 Å². The van der Waals surface area contributed by atoms with Crippen LogP contribution >= 0.6 is 0 Å².